The van der Waals surface area contributed by atoms with Crippen molar-refractivity contribution in [2.75, 3.05) is 11.1 Å². The predicted molar refractivity (Wildman–Crippen MR) is 133 cm³/mol. The molecule has 0 spiro atoms. The number of carbonyl (C=O) groups is 1. The van der Waals surface area contributed by atoms with Crippen molar-refractivity contribution >= 4 is 50.8 Å². The second-order valence-corrected chi connectivity index (χ2v) is 7.93. The normalized spacial score (nSPS) is 10.6. The number of hydrogen-bond acceptors (Lipinski definition) is 4. The third-order valence-corrected chi connectivity index (χ3v) is 5.48. The van der Waals surface area contributed by atoms with Crippen LogP contribution in [0.1, 0.15) is 5.56 Å². The van der Waals surface area contributed by atoms with E-state index in [0.29, 0.717) is 11.6 Å². The largest absolute Gasteiger partial charge is 0.398 e. The maximum Gasteiger partial charge on any atom is 0.319 e. The summed E-state index contributed by atoms with van der Waals surface area (Å²) in [5.41, 5.74) is 10.3. The molecule has 0 bridgehead atoms. The highest BCUT2D eigenvalue weighted by atomic mass is 35.5. The van der Waals surface area contributed by atoms with E-state index in [1.165, 1.54) is 0 Å². The van der Waals surface area contributed by atoms with Gasteiger partial charge >= 0.3 is 6.03 Å². The Hall–Kier alpha value is -4.04. The summed E-state index contributed by atoms with van der Waals surface area (Å²) in [4.78, 5) is 12.0. The standard InChI is InChI=1S/C16H15ClN4O.C8H9N3/c1-21-15-4-2-3-14(13(15)10-19-21)20-16(22)18-9-11-5-7-12(17)8-6-11;1-11-8-4-2-3-7(9)6(8)5-10-11/h2-8,10H,9H2,1H3,(H2,18,20,22);2-5H,9H2,1H3. The molecule has 9 heteroatoms. The summed E-state index contributed by atoms with van der Waals surface area (Å²) >= 11 is 5.83. The monoisotopic (exact) mass is 461 g/mol. The van der Waals surface area contributed by atoms with Crippen LogP contribution in [0.5, 0.6) is 0 Å². The first-order chi connectivity index (χ1) is 15.9. The van der Waals surface area contributed by atoms with Gasteiger partial charge in [0.2, 0.25) is 0 Å². The molecule has 4 N–H and O–H groups in total. The molecule has 0 unspecified atom stereocenters. The van der Waals surface area contributed by atoms with Gasteiger partial charge in [-0.05, 0) is 42.0 Å². The lowest BCUT2D eigenvalue weighted by molar-refractivity contribution is 0.252. The summed E-state index contributed by atoms with van der Waals surface area (Å²) in [6, 6.07) is 18.6. The number of urea groups is 1. The first kappa shape index (κ1) is 22.2. The number of fused-ring (bicyclic) bond motifs is 2. The van der Waals surface area contributed by atoms with Crippen LogP contribution in [0.3, 0.4) is 0 Å². The van der Waals surface area contributed by atoms with Crippen molar-refractivity contribution in [1.82, 2.24) is 24.9 Å². The fraction of sp³-hybridized carbons (Fsp3) is 0.125. The summed E-state index contributed by atoms with van der Waals surface area (Å²) in [6.45, 7) is 0.437. The Morgan fingerprint density at radius 2 is 1.52 bits per heavy atom. The SMILES string of the molecule is Cn1ncc2c(N)cccc21.Cn1ncc2c(NC(=O)NCc3ccc(Cl)cc3)cccc21. The van der Waals surface area contributed by atoms with Crippen molar-refractivity contribution in [2.24, 2.45) is 14.1 Å². The van der Waals surface area contributed by atoms with Crippen LogP contribution in [-0.4, -0.2) is 25.6 Å². The quantitative estimate of drug-likeness (QED) is 0.339. The van der Waals surface area contributed by atoms with Crippen LogP contribution < -0.4 is 16.4 Å². The van der Waals surface area contributed by atoms with Gasteiger partial charge in [-0.2, -0.15) is 10.2 Å². The van der Waals surface area contributed by atoms with E-state index in [9.17, 15) is 4.79 Å². The molecular weight excluding hydrogens is 438 g/mol. The molecule has 0 saturated carbocycles. The van der Waals surface area contributed by atoms with E-state index < -0.39 is 0 Å². The minimum Gasteiger partial charge on any atom is -0.398 e. The molecule has 0 aliphatic heterocycles. The van der Waals surface area contributed by atoms with E-state index >= 15 is 0 Å². The topological polar surface area (TPSA) is 103 Å². The second-order valence-electron chi connectivity index (χ2n) is 7.49. The first-order valence-electron chi connectivity index (χ1n) is 10.3. The molecule has 0 saturated heterocycles. The van der Waals surface area contributed by atoms with Gasteiger partial charge in [0.25, 0.3) is 0 Å². The van der Waals surface area contributed by atoms with Crippen LogP contribution in [-0.2, 0) is 20.6 Å². The molecule has 5 aromatic rings. The van der Waals surface area contributed by atoms with Gasteiger partial charge in [-0.1, -0.05) is 35.9 Å². The number of aryl methyl sites for hydroxylation is 2. The average molecular weight is 462 g/mol. The Bertz CT molecular complexity index is 1410. The molecule has 0 atom stereocenters. The summed E-state index contributed by atoms with van der Waals surface area (Å²) in [7, 11) is 3.77. The third-order valence-electron chi connectivity index (χ3n) is 5.23. The Morgan fingerprint density at radius 3 is 2.18 bits per heavy atom. The highest BCUT2D eigenvalue weighted by molar-refractivity contribution is 6.30. The van der Waals surface area contributed by atoms with Crippen molar-refractivity contribution in [3.8, 4) is 0 Å². The maximum absolute atomic E-state index is 12.0. The molecular formula is C24H24ClN7O. The van der Waals surface area contributed by atoms with Gasteiger partial charge in [-0.15, -0.1) is 0 Å². The van der Waals surface area contributed by atoms with E-state index in [1.807, 2.05) is 67.3 Å². The Kier molecular flexibility index (Phi) is 6.46. The fourth-order valence-electron chi connectivity index (χ4n) is 3.44. The molecule has 0 fully saturated rings. The number of nitrogens with zero attached hydrogens (tertiary/aromatic N) is 4. The Morgan fingerprint density at radius 1 is 0.909 bits per heavy atom. The number of nitrogens with one attached hydrogen (secondary N) is 2. The molecule has 3 aromatic carbocycles. The summed E-state index contributed by atoms with van der Waals surface area (Å²) in [5, 5.41) is 16.6. The molecule has 2 aromatic heterocycles. The average Bonchev–Trinajstić information content (AvgIpc) is 3.38. The Balaban J connectivity index is 0.000000196. The molecule has 33 heavy (non-hydrogen) atoms. The fourth-order valence-corrected chi connectivity index (χ4v) is 3.56. The van der Waals surface area contributed by atoms with Crippen LogP contribution in [0.25, 0.3) is 21.8 Å². The molecule has 168 valence electrons. The second kappa shape index (κ2) is 9.62. The zero-order chi connectivity index (χ0) is 23.4. The zero-order valence-corrected chi connectivity index (χ0v) is 19.0. The molecule has 0 radical (unpaired) electrons. The number of benzene rings is 3. The Labute approximate surface area is 195 Å². The molecule has 0 aliphatic carbocycles. The van der Waals surface area contributed by atoms with Gasteiger partial charge in [0, 0.05) is 42.1 Å². The molecule has 2 heterocycles. The van der Waals surface area contributed by atoms with Gasteiger partial charge in [-0.25, -0.2) is 4.79 Å². The molecule has 0 aliphatic rings. The predicted octanol–water partition coefficient (Wildman–Crippen LogP) is 4.70. The lowest BCUT2D eigenvalue weighted by Crippen LogP contribution is -2.28. The van der Waals surface area contributed by atoms with Crippen LogP contribution in [0.4, 0.5) is 16.2 Å². The highest BCUT2D eigenvalue weighted by Gasteiger charge is 2.08. The van der Waals surface area contributed by atoms with Crippen molar-refractivity contribution in [2.45, 2.75) is 6.54 Å². The number of anilines is 2. The first-order valence-corrected chi connectivity index (χ1v) is 10.7. The van der Waals surface area contributed by atoms with Crippen LogP contribution in [0.2, 0.25) is 5.02 Å². The minimum absolute atomic E-state index is 0.258. The van der Waals surface area contributed by atoms with Crippen LogP contribution in [0.15, 0.2) is 73.1 Å². The number of nitrogens with two attached hydrogens (primary N) is 1. The van der Waals surface area contributed by atoms with Crippen molar-refractivity contribution in [3.63, 3.8) is 0 Å². The number of nitrogen functional groups attached to an aromatic ring is 1. The van der Waals surface area contributed by atoms with Crippen LogP contribution >= 0.6 is 11.6 Å². The minimum atomic E-state index is -0.258. The van der Waals surface area contributed by atoms with Crippen molar-refractivity contribution < 1.29 is 4.79 Å². The number of carbonyl (C=O) groups excluding carboxylic acids is 1. The number of rotatable bonds is 3. The summed E-state index contributed by atoms with van der Waals surface area (Å²) in [6.07, 6.45) is 3.52. The third kappa shape index (κ3) is 5.07. The number of aromatic nitrogens is 4. The lowest BCUT2D eigenvalue weighted by Gasteiger charge is -2.09. The van der Waals surface area contributed by atoms with E-state index in [2.05, 4.69) is 20.8 Å². The van der Waals surface area contributed by atoms with Gasteiger partial charge < -0.3 is 16.4 Å². The van der Waals surface area contributed by atoms with Gasteiger partial charge in [0.15, 0.2) is 0 Å². The van der Waals surface area contributed by atoms with Gasteiger partial charge in [0.05, 0.1) is 29.1 Å². The summed E-state index contributed by atoms with van der Waals surface area (Å²) < 4.78 is 3.58. The molecule has 5 rings (SSSR count). The van der Waals surface area contributed by atoms with Crippen molar-refractivity contribution in [3.05, 3.63) is 83.6 Å². The van der Waals surface area contributed by atoms with E-state index in [0.717, 1.165) is 38.7 Å². The maximum atomic E-state index is 12.0. The number of halogens is 1. The van der Waals surface area contributed by atoms with Gasteiger partial charge in [-0.3, -0.25) is 9.36 Å². The molecule has 2 amide bonds. The van der Waals surface area contributed by atoms with Crippen molar-refractivity contribution in [1.29, 1.82) is 0 Å². The van der Waals surface area contributed by atoms with E-state index in [1.54, 1.807) is 29.2 Å². The van der Waals surface area contributed by atoms with Gasteiger partial charge in [0.1, 0.15) is 0 Å². The highest BCUT2D eigenvalue weighted by Crippen LogP contribution is 2.22. The zero-order valence-electron chi connectivity index (χ0n) is 18.3. The van der Waals surface area contributed by atoms with Crippen LogP contribution in [0, 0.1) is 0 Å². The van der Waals surface area contributed by atoms with E-state index in [4.69, 9.17) is 17.3 Å². The lowest BCUT2D eigenvalue weighted by atomic mass is 10.2. The summed E-state index contributed by atoms with van der Waals surface area (Å²) in [5.74, 6) is 0. The number of amides is 2. The van der Waals surface area contributed by atoms with E-state index in [-0.39, 0.29) is 6.03 Å². The molecule has 8 nitrogen and oxygen atoms in total. The smallest absolute Gasteiger partial charge is 0.319 e. The number of hydrogen-bond donors (Lipinski definition) is 3.